The Morgan fingerprint density at radius 1 is 1.26 bits per heavy atom. The summed E-state index contributed by atoms with van der Waals surface area (Å²) in [6.07, 6.45) is 1.25. The summed E-state index contributed by atoms with van der Waals surface area (Å²) in [6.45, 7) is 4.15. The minimum Gasteiger partial charge on any atom is -0.759 e. The Morgan fingerprint density at radius 3 is 2.52 bits per heavy atom. The molecule has 1 heterocycles. The van der Waals surface area contributed by atoms with Crippen molar-refractivity contribution in [1.29, 1.82) is 5.26 Å². The van der Waals surface area contributed by atoms with Crippen molar-refractivity contribution in [2.45, 2.75) is 32.6 Å². The quantitative estimate of drug-likeness (QED) is 0.675. The second-order valence-electron chi connectivity index (χ2n) is 6.92. The van der Waals surface area contributed by atoms with Gasteiger partial charge in [-0.15, -0.1) is 0 Å². The van der Waals surface area contributed by atoms with Gasteiger partial charge in [0.05, 0.1) is 12.0 Å². The molecule has 0 saturated heterocycles. The minimum atomic E-state index is -0.356. The van der Waals surface area contributed by atoms with Crippen LogP contribution in [0.4, 0.5) is 0 Å². The van der Waals surface area contributed by atoms with E-state index in [2.05, 4.69) is 40.8 Å². The van der Waals surface area contributed by atoms with Crippen LogP contribution in [0.2, 0.25) is 0 Å². The van der Waals surface area contributed by atoms with Crippen LogP contribution in [0, 0.1) is 22.7 Å². The highest BCUT2D eigenvalue weighted by molar-refractivity contribution is 9.10. The van der Waals surface area contributed by atoms with Crippen molar-refractivity contribution >= 4 is 40.1 Å². The number of benzene rings is 1. The van der Waals surface area contributed by atoms with Gasteiger partial charge in [0.15, 0.2) is 0 Å². The standard InChI is InChI=1S/C18H17BrN2OS/c1-18(2)7-13-16(14(22)8-18)15(12(9-20)17(23)21-13)10-3-5-11(19)6-4-10/h3-6,15-16,23H,7-8H2,1-2H3/p-1/t15-,16?/m1/s1. The van der Waals surface area contributed by atoms with Gasteiger partial charge < -0.3 is 12.6 Å². The van der Waals surface area contributed by atoms with Crippen LogP contribution in [0.1, 0.15) is 38.2 Å². The molecule has 1 aliphatic carbocycles. The number of nitrogens with zero attached hydrogens (tertiary/aromatic N) is 2. The molecule has 1 aromatic carbocycles. The minimum absolute atomic E-state index is 0.101. The Labute approximate surface area is 150 Å². The average molecular weight is 388 g/mol. The van der Waals surface area contributed by atoms with E-state index in [1.54, 1.807) is 0 Å². The smallest absolute Gasteiger partial charge is 0.143 e. The van der Waals surface area contributed by atoms with Crippen LogP contribution in [0.3, 0.4) is 0 Å². The molecule has 0 aromatic heterocycles. The van der Waals surface area contributed by atoms with Gasteiger partial charge in [0, 0.05) is 28.1 Å². The molecule has 1 fully saturated rings. The first-order chi connectivity index (χ1) is 10.8. The third kappa shape index (κ3) is 2.98. The number of fused-ring (bicyclic) bond motifs is 1. The number of carbonyl (C=O) groups excluding carboxylic acids is 1. The van der Waals surface area contributed by atoms with Gasteiger partial charge in [0.1, 0.15) is 5.78 Å². The van der Waals surface area contributed by atoms with Gasteiger partial charge in [-0.1, -0.05) is 46.9 Å². The molecule has 0 amide bonds. The lowest BCUT2D eigenvalue weighted by molar-refractivity contribution is -0.124. The van der Waals surface area contributed by atoms with E-state index in [1.807, 2.05) is 24.3 Å². The maximum Gasteiger partial charge on any atom is 0.143 e. The molecule has 0 bridgehead atoms. The predicted molar refractivity (Wildman–Crippen MR) is 95.8 cm³/mol. The monoisotopic (exact) mass is 387 g/mol. The second kappa shape index (κ2) is 5.85. The van der Waals surface area contributed by atoms with E-state index in [0.717, 1.165) is 22.2 Å². The molecule has 2 aliphatic rings. The zero-order valence-corrected chi connectivity index (χ0v) is 15.4. The number of nitriles is 1. The van der Waals surface area contributed by atoms with Crippen molar-refractivity contribution in [2.24, 2.45) is 16.3 Å². The van der Waals surface area contributed by atoms with Gasteiger partial charge in [-0.05, 0) is 29.5 Å². The summed E-state index contributed by atoms with van der Waals surface area (Å²) < 4.78 is 0.961. The summed E-state index contributed by atoms with van der Waals surface area (Å²) in [5.41, 5.74) is 2.11. The van der Waals surface area contributed by atoms with Gasteiger partial charge in [-0.2, -0.15) is 5.26 Å². The van der Waals surface area contributed by atoms with Crippen LogP contribution < -0.4 is 0 Å². The molecule has 0 N–H and O–H groups in total. The Morgan fingerprint density at radius 2 is 1.91 bits per heavy atom. The van der Waals surface area contributed by atoms with Crippen LogP contribution in [0.15, 0.2) is 44.3 Å². The van der Waals surface area contributed by atoms with Gasteiger partial charge >= 0.3 is 0 Å². The highest BCUT2D eigenvalue weighted by Gasteiger charge is 2.45. The SMILES string of the molecule is CC1(C)CC(=O)C2C(=NC([S-])=C(C#N)[C@H]2c2ccc(Br)cc2)C1. The maximum absolute atomic E-state index is 12.8. The zero-order valence-electron chi connectivity index (χ0n) is 13.0. The molecule has 0 spiro atoms. The van der Waals surface area contributed by atoms with Crippen LogP contribution in [-0.2, 0) is 17.4 Å². The first-order valence-electron chi connectivity index (χ1n) is 7.49. The van der Waals surface area contributed by atoms with Gasteiger partial charge in [-0.25, -0.2) is 0 Å². The number of carbonyl (C=O) groups is 1. The number of Topliss-reactive ketones (excluding diaryl/α,β-unsaturated/α-hetero) is 1. The van der Waals surface area contributed by atoms with Crippen molar-refractivity contribution in [3.8, 4) is 6.07 Å². The highest BCUT2D eigenvalue weighted by atomic mass is 79.9. The number of rotatable bonds is 1. The van der Waals surface area contributed by atoms with Crippen molar-refractivity contribution in [2.75, 3.05) is 0 Å². The van der Waals surface area contributed by atoms with E-state index >= 15 is 0 Å². The summed E-state index contributed by atoms with van der Waals surface area (Å²) in [7, 11) is 0. The topological polar surface area (TPSA) is 53.2 Å². The summed E-state index contributed by atoms with van der Waals surface area (Å²) in [5, 5.41) is 9.89. The highest BCUT2D eigenvalue weighted by Crippen LogP contribution is 2.46. The van der Waals surface area contributed by atoms with E-state index in [0.29, 0.717) is 17.0 Å². The van der Waals surface area contributed by atoms with Crippen molar-refractivity contribution < 1.29 is 4.79 Å². The molecule has 1 aromatic rings. The second-order valence-corrected chi connectivity index (χ2v) is 8.23. The lowest BCUT2D eigenvalue weighted by atomic mass is 9.64. The summed E-state index contributed by atoms with van der Waals surface area (Å²) in [5.74, 6) is -0.509. The van der Waals surface area contributed by atoms with Gasteiger partial charge in [-0.3, -0.25) is 9.79 Å². The maximum atomic E-state index is 12.8. The van der Waals surface area contributed by atoms with Gasteiger partial charge in [0.2, 0.25) is 0 Å². The number of hydrogen-bond acceptors (Lipinski definition) is 4. The Hall–Kier alpha value is -1.51. The van der Waals surface area contributed by atoms with E-state index in [9.17, 15) is 10.1 Å². The number of allylic oxidation sites excluding steroid dienone is 1. The molecule has 0 radical (unpaired) electrons. The normalized spacial score (nSPS) is 26.3. The van der Waals surface area contributed by atoms with E-state index < -0.39 is 0 Å². The summed E-state index contributed by atoms with van der Waals surface area (Å²) in [4.78, 5) is 17.3. The average Bonchev–Trinajstić information content (AvgIpc) is 2.45. The fraction of sp³-hybridized carbons (Fsp3) is 0.389. The van der Waals surface area contributed by atoms with E-state index in [1.165, 1.54) is 0 Å². The molecular weight excluding hydrogens is 372 g/mol. The number of ketones is 1. The van der Waals surface area contributed by atoms with E-state index in [4.69, 9.17) is 12.6 Å². The van der Waals surface area contributed by atoms with Crippen molar-refractivity contribution in [3.05, 3.63) is 44.9 Å². The molecule has 1 aliphatic heterocycles. The first-order valence-corrected chi connectivity index (χ1v) is 8.69. The molecule has 1 saturated carbocycles. The fourth-order valence-corrected chi connectivity index (χ4v) is 4.11. The molecule has 3 nitrogen and oxygen atoms in total. The zero-order chi connectivity index (χ0) is 16.8. The number of aliphatic imine (C=N–C) groups is 1. The molecule has 23 heavy (non-hydrogen) atoms. The van der Waals surface area contributed by atoms with E-state index in [-0.39, 0.29) is 23.0 Å². The Bertz CT molecular complexity index is 771. The third-order valence-electron chi connectivity index (χ3n) is 4.49. The van der Waals surface area contributed by atoms with Crippen LogP contribution in [-0.4, -0.2) is 11.5 Å². The van der Waals surface area contributed by atoms with Crippen molar-refractivity contribution in [1.82, 2.24) is 0 Å². The van der Waals surface area contributed by atoms with Crippen LogP contribution in [0.25, 0.3) is 0 Å². The molecule has 1 unspecified atom stereocenters. The molecule has 5 heteroatoms. The first kappa shape index (κ1) is 16.4. The van der Waals surface area contributed by atoms with Crippen LogP contribution in [0.5, 0.6) is 0 Å². The predicted octanol–water partition coefficient (Wildman–Crippen LogP) is 4.27. The molecule has 118 valence electrons. The Kier molecular flexibility index (Phi) is 4.16. The lowest BCUT2D eigenvalue weighted by Crippen LogP contribution is -2.42. The largest absolute Gasteiger partial charge is 0.759 e. The molecular formula is C18H16BrN2OS-. The fourth-order valence-electron chi connectivity index (χ4n) is 3.55. The lowest BCUT2D eigenvalue weighted by Gasteiger charge is -2.41. The molecule has 3 rings (SSSR count). The van der Waals surface area contributed by atoms with Gasteiger partial charge in [0.25, 0.3) is 0 Å². The number of hydrogen-bond donors (Lipinski definition) is 0. The molecule has 2 atom stereocenters. The Balaban J connectivity index is 2.14. The number of halogens is 1. The van der Waals surface area contributed by atoms with Crippen LogP contribution >= 0.6 is 15.9 Å². The summed E-state index contributed by atoms with van der Waals surface area (Å²) >= 11 is 8.76. The third-order valence-corrected chi connectivity index (χ3v) is 5.33. The van der Waals surface area contributed by atoms with Crippen molar-refractivity contribution in [3.63, 3.8) is 0 Å². The summed E-state index contributed by atoms with van der Waals surface area (Å²) in [6, 6.07) is 9.95.